The first kappa shape index (κ1) is 32.7. The van der Waals surface area contributed by atoms with E-state index >= 15 is 0 Å². The Morgan fingerprint density at radius 2 is 1.64 bits per heavy atom. The maximum absolute atomic E-state index is 13.9. The number of amides is 2. The van der Waals surface area contributed by atoms with Gasteiger partial charge in [-0.3, -0.25) is 9.59 Å². The molecule has 0 aliphatic carbocycles. The number of hydrogen-bond donors (Lipinski definition) is 2. The van der Waals surface area contributed by atoms with Gasteiger partial charge in [-0.05, 0) is 61.2 Å². The molecule has 2 aromatic rings. The second-order valence-corrected chi connectivity index (χ2v) is 13.0. The predicted octanol–water partition coefficient (Wildman–Crippen LogP) is 4.22. The van der Waals surface area contributed by atoms with Crippen molar-refractivity contribution >= 4 is 35.0 Å². The molecule has 2 aliphatic heterocycles. The van der Waals surface area contributed by atoms with Gasteiger partial charge in [-0.15, -0.1) is 0 Å². The molecule has 2 atom stereocenters. The van der Waals surface area contributed by atoms with Crippen molar-refractivity contribution in [2.45, 2.75) is 57.7 Å². The molecule has 2 heterocycles. The number of carbonyl (C=O) groups excluding carboxylic acids is 2. The smallest absolute Gasteiger partial charge is 0.245 e. The molecule has 3 N–H and O–H groups in total. The Labute approximate surface area is 261 Å². The van der Waals surface area contributed by atoms with Crippen molar-refractivity contribution in [3.63, 3.8) is 0 Å². The van der Waals surface area contributed by atoms with Gasteiger partial charge in [0.2, 0.25) is 11.8 Å². The molecule has 0 bridgehead atoms. The lowest BCUT2D eigenvalue weighted by Gasteiger charge is -2.47. The van der Waals surface area contributed by atoms with Crippen molar-refractivity contribution in [1.29, 1.82) is 0 Å². The van der Waals surface area contributed by atoms with E-state index < -0.39 is 12.1 Å². The molecule has 0 saturated carbocycles. The lowest BCUT2D eigenvalue weighted by molar-refractivity contribution is -0.140. The summed E-state index contributed by atoms with van der Waals surface area (Å²) in [5, 5.41) is 9.31. The van der Waals surface area contributed by atoms with Gasteiger partial charge < -0.3 is 20.9 Å². The number of carbonyl (C=O) groups is 2. The zero-order valence-corrected chi connectivity index (χ0v) is 26.7. The summed E-state index contributed by atoms with van der Waals surface area (Å²) in [5.41, 5.74) is 8.05. The van der Waals surface area contributed by atoms with Gasteiger partial charge in [0.25, 0.3) is 0 Å². The topological polar surface area (TPSA) is 85.1 Å². The number of likely N-dealkylation sites (tertiary alicyclic amines) is 1. The van der Waals surface area contributed by atoms with Gasteiger partial charge in [0, 0.05) is 80.8 Å². The first-order valence-electron chi connectivity index (χ1n) is 15.1. The van der Waals surface area contributed by atoms with E-state index in [-0.39, 0.29) is 18.2 Å². The zero-order valence-electron chi connectivity index (χ0n) is 25.1. The highest BCUT2D eigenvalue weighted by Crippen LogP contribution is 2.23. The van der Waals surface area contributed by atoms with E-state index in [0.29, 0.717) is 41.5 Å². The van der Waals surface area contributed by atoms with Gasteiger partial charge in [0.1, 0.15) is 6.04 Å². The van der Waals surface area contributed by atoms with Crippen LogP contribution in [-0.4, -0.2) is 96.6 Å². The number of benzene rings is 2. The summed E-state index contributed by atoms with van der Waals surface area (Å²) in [7, 11) is 2.18. The van der Waals surface area contributed by atoms with Crippen LogP contribution in [0.2, 0.25) is 10.0 Å². The average molecular weight is 618 g/mol. The molecule has 8 nitrogen and oxygen atoms in total. The molecule has 4 rings (SSSR count). The SMILES string of the molecule is CC(C)CN(C1CCN(C(=O)C(Cc2ccc(Cl)cc2)NC(=O)CC(N)c2cccc(Cl)c2)CC1)N1CCN(C)CC1. The Hall–Kier alpha value is -2.20. The summed E-state index contributed by atoms with van der Waals surface area (Å²) < 4.78 is 0. The standard InChI is InChI=1S/C32H46Cl2N6O2/c1-23(2)22-40(39-17-15-37(3)16-18-39)28-11-13-38(14-12-28)32(42)30(19-24-7-9-26(33)10-8-24)36-31(41)21-29(35)25-5-4-6-27(34)20-25/h4-10,20,23,28-30H,11-19,21-22,35H2,1-3H3,(H,36,41). The molecule has 2 amide bonds. The fourth-order valence-electron chi connectivity index (χ4n) is 5.89. The Bertz CT molecular complexity index is 1160. The second-order valence-electron chi connectivity index (χ2n) is 12.1. The number of piperazine rings is 1. The predicted molar refractivity (Wildman–Crippen MR) is 170 cm³/mol. The summed E-state index contributed by atoms with van der Waals surface area (Å²) in [6.07, 6.45) is 2.26. The Balaban J connectivity index is 1.41. The van der Waals surface area contributed by atoms with Crippen LogP contribution >= 0.6 is 23.2 Å². The molecule has 2 saturated heterocycles. The van der Waals surface area contributed by atoms with Crippen LogP contribution in [0, 0.1) is 5.92 Å². The lowest BCUT2D eigenvalue weighted by Crippen LogP contribution is -2.60. The molecule has 0 radical (unpaired) electrons. The fourth-order valence-corrected chi connectivity index (χ4v) is 6.22. The first-order valence-corrected chi connectivity index (χ1v) is 15.9. The molecule has 2 aliphatic rings. The van der Waals surface area contributed by atoms with Gasteiger partial charge >= 0.3 is 0 Å². The molecular weight excluding hydrogens is 571 g/mol. The van der Waals surface area contributed by atoms with Gasteiger partial charge in [0.15, 0.2) is 0 Å². The van der Waals surface area contributed by atoms with Crippen molar-refractivity contribution in [2.24, 2.45) is 11.7 Å². The van der Waals surface area contributed by atoms with Crippen LogP contribution < -0.4 is 11.1 Å². The summed E-state index contributed by atoms with van der Waals surface area (Å²) >= 11 is 12.2. The number of hydrazine groups is 1. The number of rotatable bonds is 11. The highest BCUT2D eigenvalue weighted by molar-refractivity contribution is 6.30. The quantitative estimate of drug-likeness (QED) is 0.393. The number of hydrogen-bond acceptors (Lipinski definition) is 6. The summed E-state index contributed by atoms with van der Waals surface area (Å²) in [6, 6.07) is 13.8. The zero-order chi connectivity index (χ0) is 30.2. The van der Waals surface area contributed by atoms with Crippen LogP contribution in [0.15, 0.2) is 48.5 Å². The van der Waals surface area contributed by atoms with Gasteiger partial charge in [-0.2, -0.15) is 0 Å². The molecule has 0 aromatic heterocycles. The monoisotopic (exact) mass is 616 g/mol. The summed E-state index contributed by atoms with van der Waals surface area (Å²) in [6.45, 7) is 11.1. The van der Waals surface area contributed by atoms with Crippen molar-refractivity contribution < 1.29 is 9.59 Å². The third kappa shape index (κ3) is 9.40. The van der Waals surface area contributed by atoms with Crippen LogP contribution in [0.25, 0.3) is 0 Å². The van der Waals surface area contributed by atoms with E-state index in [4.69, 9.17) is 28.9 Å². The lowest BCUT2D eigenvalue weighted by atomic mass is 9.99. The molecule has 230 valence electrons. The Morgan fingerprint density at radius 3 is 2.26 bits per heavy atom. The van der Waals surface area contributed by atoms with Gasteiger partial charge in [0.05, 0.1) is 0 Å². The van der Waals surface area contributed by atoms with Crippen molar-refractivity contribution in [3.05, 3.63) is 69.7 Å². The summed E-state index contributed by atoms with van der Waals surface area (Å²) in [5.74, 6) is 0.243. The highest BCUT2D eigenvalue weighted by Gasteiger charge is 2.34. The van der Waals surface area contributed by atoms with E-state index in [1.54, 1.807) is 12.1 Å². The van der Waals surface area contributed by atoms with Crippen molar-refractivity contribution in [3.8, 4) is 0 Å². The third-order valence-electron chi connectivity index (χ3n) is 8.26. The van der Waals surface area contributed by atoms with Crippen molar-refractivity contribution in [2.75, 3.05) is 52.9 Å². The normalized spacial score (nSPS) is 18.8. The van der Waals surface area contributed by atoms with Gasteiger partial charge in [-0.25, -0.2) is 10.0 Å². The van der Waals surface area contributed by atoms with E-state index in [1.165, 1.54) is 0 Å². The van der Waals surface area contributed by atoms with E-state index in [1.807, 2.05) is 41.3 Å². The molecule has 2 aromatic carbocycles. The largest absolute Gasteiger partial charge is 0.344 e. The maximum atomic E-state index is 13.9. The maximum Gasteiger partial charge on any atom is 0.245 e. The third-order valence-corrected chi connectivity index (χ3v) is 8.75. The van der Waals surface area contributed by atoms with Crippen LogP contribution in [0.5, 0.6) is 0 Å². The fraction of sp³-hybridized carbons (Fsp3) is 0.562. The van der Waals surface area contributed by atoms with Gasteiger partial charge in [-0.1, -0.05) is 61.3 Å². The number of likely N-dealkylation sites (N-methyl/N-ethyl adjacent to an activating group) is 1. The van der Waals surface area contributed by atoms with Crippen LogP contribution in [0.3, 0.4) is 0 Å². The molecule has 10 heteroatoms. The Morgan fingerprint density at radius 1 is 0.976 bits per heavy atom. The number of nitrogens with two attached hydrogens (primary N) is 1. The minimum Gasteiger partial charge on any atom is -0.344 e. The second kappa shape index (κ2) is 15.5. The number of nitrogens with one attached hydrogen (secondary N) is 1. The van der Waals surface area contributed by atoms with Crippen LogP contribution in [0.1, 0.15) is 50.3 Å². The average Bonchev–Trinajstić information content (AvgIpc) is 2.97. The molecule has 42 heavy (non-hydrogen) atoms. The van der Waals surface area contributed by atoms with E-state index in [2.05, 4.69) is 41.1 Å². The Kier molecular flexibility index (Phi) is 12.1. The number of halogens is 2. The molecule has 2 unspecified atom stereocenters. The highest BCUT2D eigenvalue weighted by atomic mass is 35.5. The minimum atomic E-state index is -0.689. The molecule has 0 spiro atoms. The molecule has 2 fully saturated rings. The van der Waals surface area contributed by atoms with Crippen LogP contribution in [-0.2, 0) is 16.0 Å². The molecular formula is C32H46Cl2N6O2. The number of nitrogens with zero attached hydrogens (tertiary/aromatic N) is 4. The minimum absolute atomic E-state index is 0.0527. The van der Waals surface area contributed by atoms with Crippen LogP contribution in [0.4, 0.5) is 0 Å². The van der Waals surface area contributed by atoms with E-state index in [9.17, 15) is 9.59 Å². The first-order chi connectivity index (χ1) is 20.1. The summed E-state index contributed by atoms with van der Waals surface area (Å²) in [4.78, 5) is 31.4. The van der Waals surface area contributed by atoms with Crippen molar-refractivity contribution in [1.82, 2.24) is 25.1 Å². The van der Waals surface area contributed by atoms with E-state index in [0.717, 1.165) is 56.7 Å². The number of piperidine rings is 1.